The molecule has 6 heteroatoms. The minimum Gasteiger partial charge on any atom is -0.434 e. The van der Waals surface area contributed by atoms with Gasteiger partial charge in [-0.25, -0.2) is 9.59 Å². The zero-order valence-electron chi connectivity index (χ0n) is 8.61. The molecule has 84 valence electrons. The van der Waals surface area contributed by atoms with Crippen LogP contribution in [-0.2, 0) is 14.2 Å². The predicted molar refractivity (Wildman–Crippen MR) is 47.9 cm³/mol. The fraction of sp³-hybridized carbons (Fsp3) is 0.750. The van der Waals surface area contributed by atoms with Gasteiger partial charge >= 0.3 is 12.3 Å². The highest BCUT2D eigenvalue weighted by Crippen LogP contribution is 1.89. The van der Waals surface area contributed by atoms with Crippen molar-refractivity contribution in [2.24, 2.45) is 0 Å². The van der Waals surface area contributed by atoms with Gasteiger partial charge in [0.2, 0.25) is 0 Å². The summed E-state index contributed by atoms with van der Waals surface area (Å²) in [4.78, 5) is 20.8. The lowest BCUT2D eigenvalue weighted by atomic mass is 10.9. The van der Waals surface area contributed by atoms with Crippen LogP contribution in [0.3, 0.4) is 0 Å². The second-order valence-electron chi connectivity index (χ2n) is 1.78. The van der Waals surface area contributed by atoms with Crippen molar-refractivity contribution in [1.29, 1.82) is 0 Å². The van der Waals surface area contributed by atoms with Crippen LogP contribution in [-0.4, -0.2) is 37.2 Å². The number of hydrogen-bond donors (Lipinski definition) is 1. The Morgan fingerprint density at radius 2 is 1.29 bits per heavy atom. The van der Waals surface area contributed by atoms with Gasteiger partial charge < -0.3 is 19.3 Å². The Hall–Kier alpha value is -1.30. The zero-order valence-corrected chi connectivity index (χ0v) is 8.61. The van der Waals surface area contributed by atoms with E-state index in [1.807, 2.05) is 0 Å². The monoisotopic (exact) mass is 208 g/mol. The first-order chi connectivity index (χ1) is 6.62. The average molecular weight is 208 g/mol. The summed E-state index contributed by atoms with van der Waals surface area (Å²) >= 11 is 0. The fourth-order valence-corrected chi connectivity index (χ4v) is 0.363. The molecule has 0 rings (SSSR count). The topological polar surface area (TPSA) is 82.1 Å². The van der Waals surface area contributed by atoms with Crippen LogP contribution < -0.4 is 0 Å². The van der Waals surface area contributed by atoms with Crippen molar-refractivity contribution < 1.29 is 28.9 Å². The van der Waals surface area contributed by atoms with Crippen LogP contribution in [0.1, 0.15) is 20.8 Å². The molecule has 1 N–H and O–H groups in total. The highest BCUT2D eigenvalue weighted by Gasteiger charge is 2.10. The van der Waals surface area contributed by atoms with E-state index in [-0.39, 0.29) is 19.8 Å². The number of hydrogen-bond acceptors (Lipinski definition) is 6. The molecule has 0 radical (unpaired) electrons. The minimum absolute atomic E-state index is 0.165. The van der Waals surface area contributed by atoms with Gasteiger partial charge in [-0.05, 0) is 20.8 Å². The SMILES string of the molecule is CCO.CCOC(=O)OC(=O)OCC. The van der Waals surface area contributed by atoms with Crippen molar-refractivity contribution in [3.05, 3.63) is 0 Å². The summed E-state index contributed by atoms with van der Waals surface area (Å²) in [6.45, 7) is 5.47. The molecule has 14 heavy (non-hydrogen) atoms. The third-order valence-electron chi connectivity index (χ3n) is 0.691. The summed E-state index contributed by atoms with van der Waals surface area (Å²) in [7, 11) is 0. The van der Waals surface area contributed by atoms with Crippen molar-refractivity contribution in [3.8, 4) is 0 Å². The summed E-state index contributed by atoms with van der Waals surface area (Å²) in [6.07, 6.45) is -2.07. The van der Waals surface area contributed by atoms with Gasteiger partial charge in [0, 0.05) is 6.61 Å². The van der Waals surface area contributed by atoms with E-state index in [1.54, 1.807) is 20.8 Å². The van der Waals surface area contributed by atoms with Gasteiger partial charge in [0.1, 0.15) is 0 Å². The Bertz CT molecular complexity index is 140. The number of carbonyl (C=O) groups excluding carboxylic acids is 2. The molecule has 0 aromatic heterocycles. The summed E-state index contributed by atoms with van der Waals surface area (Å²) < 4.78 is 12.6. The lowest BCUT2D eigenvalue weighted by Gasteiger charge is -2.01. The van der Waals surface area contributed by atoms with E-state index in [4.69, 9.17) is 5.11 Å². The molecule has 0 atom stereocenters. The number of aliphatic hydroxyl groups excluding tert-OH is 1. The normalized spacial score (nSPS) is 8.00. The summed E-state index contributed by atoms with van der Waals surface area (Å²) in [5, 5.41) is 7.57. The second kappa shape index (κ2) is 11.7. The van der Waals surface area contributed by atoms with Crippen LogP contribution in [0.5, 0.6) is 0 Å². The van der Waals surface area contributed by atoms with E-state index < -0.39 is 12.3 Å². The molecule has 0 saturated carbocycles. The van der Waals surface area contributed by atoms with E-state index in [0.29, 0.717) is 0 Å². The predicted octanol–water partition coefficient (Wildman–Crippen LogP) is 1.31. The molecular formula is C8H16O6. The molecule has 0 aliphatic carbocycles. The molecule has 0 aromatic carbocycles. The largest absolute Gasteiger partial charge is 0.518 e. The van der Waals surface area contributed by atoms with Crippen molar-refractivity contribution >= 4 is 12.3 Å². The van der Waals surface area contributed by atoms with E-state index in [2.05, 4.69) is 14.2 Å². The lowest BCUT2D eigenvalue weighted by Crippen LogP contribution is -2.14. The maximum Gasteiger partial charge on any atom is 0.518 e. The van der Waals surface area contributed by atoms with Crippen LogP contribution in [0.4, 0.5) is 9.59 Å². The Balaban J connectivity index is 0. The average Bonchev–Trinajstić information content (AvgIpc) is 2.05. The van der Waals surface area contributed by atoms with Crippen LogP contribution >= 0.6 is 0 Å². The number of carbonyl (C=O) groups is 2. The van der Waals surface area contributed by atoms with E-state index in [0.717, 1.165) is 0 Å². The van der Waals surface area contributed by atoms with Crippen LogP contribution in [0.25, 0.3) is 0 Å². The van der Waals surface area contributed by atoms with Gasteiger partial charge in [-0.2, -0.15) is 0 Å². The molecule has 0 unspecified atom stereocenters. The van der Waals surface area contributed by atoms with Gasteiger partial charge in [0.15, 0.2) is 0 Å². The van der Waals surface area contributed by atoms with Crippen LogP contribution in [0, 0.1) is 0 Å². The maximum atomic E-state index is 10.4. The molecule has 0 heterocycles. The summed E-state index contributed by atoms with van der Waals surface area (Å²) in [5.41, 5.74) is 0. The van der Waals surface area contributed by atoms with Crippen LogP contribution in [0.2, 0.25) is 0 Å². The maximum absolute atomic E-state index is 10.4. The standard InChI is InChI=1S/C6H10O5.C2H6O/c1-3-9-5(7)11-6(8)10-4-2;1-2-3/h3-4H2,1-2H3;3H,2H2,1H3. The Morgan fingerprint density at radius 1 is 1.00 bits per heavy atom. The van der Waals surface area contributed by atoms with Gasteiger partial charge in [0.05, 0.1) is 13.2 Å². The molecule has 0 bridgehead atoms. The van der Waals surface area contributed by atoms with E-state index in [1.165, 1.54) is 0 Å². The quantitative estimate of drug-likeness (QED) is 0.544. The lowest BCUT2D eigenvalue weighted by molar-refractivity contribution is 0.0409. The molecule has 0 saturated heterocycles. The number of aliphatic hydroxyl groups is 1. The Kier molecular flexibility index (Phi) is 12.7. The van der Waals surface area contributed by atoms with Crippen LogP contribution in [0.15, 0.2) is 0 Å². The molecule has 0 spiro atoms. The van der Waals surface area contributed by atoms with Crippen molar-refractivity contribution in [3.63, 3.8) is 0 Å². The molecule has 6 nitrogen and oxygen atoms in total. The fourth-order valence-electron chi connectivity index (χ4n) is 0.363. The van der Waals surface area contributed by atoms with Gasteiger partial charge in [0.25, 0.3) is 0 Å². The molecular weight excluding hydrogens is 192 g/mol. The molecule has 0 amide bonds. The first kappa shape index (κ1) is 15.2. The third kappa shape index (κ3) is 13.3. The molecule has 0 fully saturated rings. The Labute approximate surface area is 82.8 Å². The summed E-state index contributed by atoms with van der Waals surface area (Å²) in [6, 6.07) is 0. The first-order valence-electron chi connectivity index (χ1n) is 4.24. The smallest absolute Gasteiger partial charge is 0.434 e. The van der Waals surface area contributed by atoms with E-state index >= 15 is 0 Å². The van der Waals surface area contributed by atoms with E-state index in [9.17, 15) is 9.59 Å². The minimum atomic E-state index is -1.04. The van der Waals surface area contributed by atoms with Gasteiger partial charge in [-0.1, -0.05) is 0 Å². The van der Waals surface area contributed by atoms with Gasteiger partial charge in [-0.3, -0.25) is 0 Å². The highest BCUT2D eigenvalue weighted by atomic mass is 16.8. The van der Waals surface area contributed by atoms with Crippen molar-refractivity contribution in [2.75, 3.05) is 19.8 Å². The molecule has 0 aromatic rings. The molecule has 0 aliphatic rings. The third-order valence-corrected chi connectivity index (χ3v) is 0.691. The van der Waals surface area contributed by atoms with Crippen molar-refractivity contribution in [1.82, 2.24) is 0 Å². The van der Waals surface area contributed by atoms with Gasteiger partial charge in [-0.15, -0.1) is 0 Å². The number of ether oxygens (including phenoxy) is 3. The second-order valence-corrected chi connectivity index (χ2v) is 1.78. The van der Waals surface area contributed by atoms with Crippen molar-refractivity contribution in [2.45, 2.75) is 20.8 Å². The zero-order chi connectivity index (χ0) is 11.4. The molecule has 0 aliphatic heterocycles. The number of rotatable bonds is 2. The Morgan fingerprint density at radius 3 is 1.50 bits per heavy atom. The highest BCUT2D eigenvalue weighted by molar-refractivity contribution is 5.76. The first-order valence-corrected chi connectivity index (χ1v) is 4.24. The summed E-state index contributed by atoms with van der Waals surface area (Å²) in [5.74, 6) is 0.